The average Bonchev–Trinajstić information content (AvgIpc) is 2.31. The highest BCUT2D eigenvalue weighted by Gasteiger charge is 2.14. The highest BCUT2D eigenvalue weighted by Crippen LogP contribution is 2.12. The lowest BCUT2D eigenvalue weighted by Crippen LogP contribution is -2.39. The fraction of sp³-hybridized carbons (Fsp3) is 0.600. The molecule has 0 amide bonds. The third-order valence-electron chi connectivity index (χ3n) is 3.53. The minimum atomic E-state index is -0.0997. The molecule has 1 nitrogen and oxygen atoms in total. The summed E-state index contributed by atoms with van der Waals surface area (Å²) in [5.74, 6) is 0.551. The first-order valence-electron chi connectivity index (χ1n) is 6.54. The normalized spacial score (nSPS) is 16.5. The van der Waals surface area contributed by atoms with Crippen molar-refractivity contribution in [1.29, 1.82) is 0 Å². The fourth-order valence-corrected chi connectivity index (χ4v) is 2.02. The summed E-state index contributed by atoms with van der Waals surface area (Å²) in [4.78, 5) is 0. The Kier molecular flexibility index (Phi) is 5.63. The van der Waals surface area contributed by atoms with Crippen LogP contribution in [0.2, 0.25) is 0 Å². The molecule has 96 valence electrons. The largest absolute Gasteiger partial charge is 0.311 e. The maximum Gasteiger partial charge on any atom is 0.126 e. The van der Waals surface area contributed by atoms with Gasteiger partial charge in [0.1, 0.15) is 5.82 Å². The lowest BCUT2D eigenvalue weighted by molar-refractivity contribution is 0.354. The Morgan fingerprint density at radius 3 is 2.41 bits per heavy atom. The summed E-state index contributed by atoms with van der Waals surface area (Å²) in [5.41, 5.74) is 0.795. The summed E-state index contributed by atoms with van der Waals surface area (Å²) < 4.78 is 13.5. The van der Waals surface area contributed by atoms with Gasteiger partial charge in [0.2, 0.25) is 0 Å². The first-order chi connectivity index (χ1) is 8.04. The molecule has 0 aliphatic carbocycles. The highest BCUT2D eigenvalue weighted by molar-refractivity contribution is 5.18. The van der Waals surface area contributed by atoms with E-state index in [9.17, 15) is 4.39 Å². The van der Waals surface area contributed by atoms with Gasteiger partial charge in [-0.05, 0) is 37.8 Å². The summed E-state index contributed by atoms with van der Waals surface area (Å²) in [6.07, 6.45) is 1.91. The van der Waals surface area contributed by atoms with Gasteiger partial charge in [-0.15, -0.1) is 0 Å². The average molecular weight is 237 g/mol. The van der Waals surface area contributed by atoms with Crippen LogP contribution in [0.25, 0.3) is 0 Å². The zero-order chi connectivity index (χ0) is 12.8. The molecule has 3 unspecified atom stereocenters. The van der Waals surface area contributed by atoms with Gasteiger partial charge in [0.15, 0.2) is 0 Å². The first kappa shape index (κ1) is 14.2. The van der Waals surface area contributed by atoms with E-state index in [-0.39, 0.29) is 5.82 Å². The molecule has 1 N–H and O–H groups in total. The first-order valence-corrected chi connectivity index (χ1v) is 6.54. The minimum absolute atomic E-state index is 0.0997. The van der Waals surface area contributed by atoms with Crippen LogP contribution in [-0.2, 0) is 6.42 Å². The molecule has 0 aliphatic heterocycles. The van der Waals surface area contributed by atoms with E-state index < -0.39 is 0 Å². The van der Waals surface area contributed by atoms with E-state index in [1.165, 1.54) is 12.5 Å². The van der Waals surface area contributed by atoms with Crippen LogP contribution in [0.1, 0.15) is 39.7 Å². The summed E-state index contributed by atoms with van der Waals surface area (Å²) in [7, 11) is 0. The van der Waals surface area contributed by atoms with Crippen LogP contribution in [0.5, 0.6) is 0 Å². The van der Waals surface area contributed by atoms with Crippen LogP contribution < -0.4 is 5.32 Å². The lowest BCUT2D eigenvalue weighted by atomic mass is 9.99. The monoisotopic (exact) mass is 237 g/mol. The van der Waals surface area contributed by atoms with Crippen molar-refractivity contribution in [3.05, 3.63) is 35.6 Å². The van der Waals surface area contributed by atoms with Crippen molar-refractivity contribution >= 4 is 0 Å². The molecule has 0 aromatic heterocycles. The minimum Gasteiger partial charge on any atom is -0.311 e. The zero-order valence-electron chi connectivity index (χ0n) is 11.3. The van der Waals surface area contributed by atoms with Gasteiger partial charge >= 0.3 is 0 Å². The third-order valence-corrected chi connectivity index (χ3v) is 3.53. The summed E-state index contributed by atoms with van der Waals surface area (Å²) >= 11 is 0. The second-order valence-corrected chi connectivity index (χ2v) is 5.04. The van der Waals surface area contributed by atoms with Gasteiger partial charge in [0, 0.05) is 12.1 Å². The number of hydrogen-bond acceptors (Lipinski definition) is 1. The summed E-state index contributed by atoms with van der Waals surface area (Å²) in [6.45, 7) is 8.76. The van der Waals surface area contributed by atoms with Crippen LogP contribution in [0, 0.1) is 11.7 Å². The predicted molar refractivity (Wildman–Crippen MR) is 71.6 cm³/mol. The van der Waals surface area contributed by atoms with Gasteiger partial charge < -0.3 is 5.32 Å². The molecule has 0 fully saturated rings. The van der Waals surface area contributed by atoms with Crippen molar-refractivity contribution in [3.8, 4) is 0 Å². The predicted octanol–water partition coefficient (Wildman–Crippen LogP) is 3.78. The standard InChI is InChI=1S/C15H24FN/c1-5-11(2)13(4)17-12(3)10-14-8-6-7-9-15(14)16/h6-9,11-13,17H,5,10H2,1-4H3. The molecule has 1 aromatic carbocycles. The smallest absolute Gasteiger partial charge is 0.126 e. The SMILES string of the molecule is CCC(C)C(C)NC(C)Cc1ccccc1F. The molecule has 2 heteroatoms. The van der Waals surface area contributed by atoms with Gasteiger partial charge in [0.05, 0.1) is 0 Å². The van der Waals surface area contributed by atoms with Gasteiger partial charge in [-0.25, -0.2) is 4.39 Å². The van der Waals surface area contributed by atoms with Crippen LogP contribution in [0.3, 0.4) is 0 Å². The Morgan fingerprint density at radius 2 is 1.82 bits per heavy atom. The van der Waals surface area contributed by atoms with Crippen molar-refractivity contribution in [2.75, 3.05) is 0 Å². The van der Waals surface area contributed by atoms with E-state index in [1.54, 1.807) is 6.07 Å². The molecule has 0 radical (unpaired) electrons. The summed E-state index contributed by atoms with van der Waals surface area (Å²) in [6, 6.07) is 7.79. The van der Waals surface area contributed by atoms with E-state index in [1.807, 2.05) is 12.1 Å². The molecular weight excluding hydrogens is 213 g/mol. The van der Waals surface area contributed by atoms with Crippen molar-refractivity contribution in [2.24, 2.45) is 5.92 Å². The Hall–Kier alpha value is -0.890. The number of benzene rings is 1. The lowest BCUT2D eigenvalue weighted by Gasteiger charge is -2.24. The molecule has 0 aliphatic rings. The van der Waals surface area contributed by atoms with Crippen molar-refractivity contribution in [1.82, 2.24) is 5.32 Å². The zero-order valence-corrected chi connectivity index (χ0v) is 11.3. The quantitative estimate of drug-likeness (QED) is 0.794. The van der Waals surface area contributed by atoms with E-state index >= 15 is 0 Å². The van der Waals surface area contributed by atoms with E-state index in [4.69, 9.17) is 0 Å². The van der Waals surface area contributed by atoms with E-state index in [0.717, 1.165) is 12.0 Å². The number of rotatable bonds is 6. The molecule has 0 saturated carbocycles. The molecular formula is C15H24FN. The molecule has 0 bridgehead atoms. The van der Waals surface area contributed by atoms with E-state index in [2.05, 4.69) is 33.0 Å². The van der Waals surface area contributed by atoms with Crippen molar-refractivity contribution < 1.29 is 4.39 Å². The molecule has 0 saturated heterocycles. The second-order valence-electron chi connectivity index (χ2n) is 5.04. The van der Waals surface area contributed by atoms with Crippen LogP contribution in [0.15, 0.2) is 24.3 Å². The van der Waals surface area contributed by atoms with Crippen molar-refractivity contribution in [3.63, 3.8) is 0 Å². The Bertz CT molecular complexity index is 337. The molecule has 0 spiro atoms. The number of nitrogens with one attached hydrogen (secondary N) is 1. The van der Waals surface area contributed by atoms with Crippen LogP contribution in [-0.4, -0.2) is 12.1 Å². The van der Waals surface area contributed by atoms with Gasteiger partial charge in [0.25, 0.3) is 0 Å². The Morgan fingerprint density at radius 1 is 1.18 bits per heavy atom. The van der Waals surface area contributed by atoms with E-state index in [0.29, 0.717) is 18.0 Å². The van der Waals surface area contributed by atoms with Gasteiger partial charge in [-0.1, -0.05) is 38.5 Å². The topological polar surface area (TPSA) is 12.0 Å². The summed E-state index contributed by atoms with van der Waals surface area (Å²) in [5, 5.41) is 3.54. The Balaban J connectivity index is 2.50. The number of hydrogen-bond donors (Lipinski definition) is 1. The second kappa shape index (κ2) is 6.75. The van der Waals surface area contributed by atoms with Crippen LogP contribution in [0.4, 0.5) is 4.39 Å². The molecule has 0 heterocycles. The third kappa shape index (κ3) is 4.47. The molecule has 1 aromatic rings. The number of halogens is 1. The Labute approximate surface area is 104 Å². The van der Waals surface area contributed by atoms with Crippen LogP contribution >= 0.6 is 0 Å². The maximum absolute atomic E-state index is 13.5. The maximum atomic E-state index is 13.5. The molecule has 1 rings (SSSR count). The highest BCUT2D eigenvalue weighted by atomic mass is 19.1. The van der Waals surface area contributed by atoms with Gasteiger partial charge in [-0.2, -0.15) is 0 Å². The van der Waals surface area contributed by atoms with Crippen molar-refractivity contribution in [2.45, 2.75) is 52.6 Å². The van der Waals surface area contributed by atoms with Gasteiger partial charge in [-0.3, -0.25) is 0 Å². The fourth-order valence-electron chi connectivity index (χ4n) is 2.02. The molecule has 3 atom stereocenters. The molecule has 17 heavy (non-hydrogen) atoms.